The first-order valence-corrected chi connectivity index (χ1v) is 5.84. The zero-order chi connectivity index (χ0) is 10.8. The van der Waals surface area contributed by atoms with Crippen molar-refractivity contribution >= 4 is 11.3 Å². The molecule has 0 aliphatic rings. The van der Waals surface area contributed by atoms with Gasteiger partial charge in [-0.25, -0.2) is 0 Å². The lowest BCUT2D eigenvalue weighted by atomic mass is 10.1. The number of aryl methyl sites for hydroxylation is 1. The van der Waals surface area contributed by atoms with Crippen molar-refractivity contribution in [2.45, 2.75) is 20.0 Å². The Morgan fingerprint density at radius 3 is 2.40 bits per heavy atom. The second-order valence-electron chi connectivity index (χ2n) is 3.66. The third-order valence-electron chi connectivity index (χ3n) is 2.46. The summed E-state index contributed by atoms with van der Waals surface area (Å²) in [4.78, 5) is 2.42. The van der Waals surface area contributed by atoms with E-state index in [2.05, 4.69) is 25.1 Å². The van der Waals surface area contributed by atoms with Gasteiger partial charge in [0.15, 0.2) is 0 Å². The van der Waals surface area contributed by atoms with Crippen LogP contribution in [-0.2, 0) is 0 Å². The quantitative estimate of drug-likeness (QED) is 0.813. The van der Waals surface area contributed by atoms with Gasteiger partial charge in [-0.3, -0.25) is 0 Å². The van der Waals surface area contributed by atoms with Gasteiger partial charge in [-0.05, 0) is 31.0 Å². The molecule has 2 rings (SSSR count). The van der Waals surface area contributed by atoms with Crippen LogP contribution in [-0.4, -0.2) is 5.11 Å². The van der Waals surface area contributed by atoms with Crippen molar-refractivity contribution < 1.29 is 5.11 Å². The number of aliphatic hydroxyl groups is 1. The van der Waals surface area contributed by atoms with Crippen LogP contribution < -0.4 is 0 Å². The third-order valence-corrected chi connectivity index (χ3v) is 3.58. The van der Waals surface area contributed by atoms with E-state index in [9.17, 15) is 5.11 Å². The Bertz CT molecular complexity index is 443. The van der Waals surface area contributed by atoms with E-state index in [0.717, 1.165) is 5.56 Å². The van der Waals surface area contributed by atoms with Gasteiger partial charge in [0, 0.05) is 9.75 Å². The molecule has 0 aliphatic carbocycles. The fraction of sp³-hybridized carbons (Fsp3) is 0.231. The molecule has 1 nitrogen and oxygen atoms in total. The monoisotopic (exact) mass is 218 g/mol. The molecule has 1 aromatic heterocycles. The standard InChI is InChI=1S/C13H14OS/c1-9(14)12-8-13(15-10(12)2)11-6-4-3-5-7-11/h3-9,14H,1-2H3. The molecule has 0 saturated carbocycles. The lowest BCUT2D eigenvalue weighted by Gasteiger charge is -2.00. The van der Waals surface area contributed by atoms with Gasteiger partial charge in [0.2, 0.25) is 0 Å². The normalized spacial score (nSPS) is 12.7. The van der Waals surface area contributed by atoms with E-state index in [1.54, 1.807) is 11.3 Å². The van der Waals surface area contributed by atoms with Crippen molar-refractivity contribution in [2.24, 2.45) is 0 Å². The van der Waals surface area contributed by atoms with Crippen LogP contribution in [0.15, 0.2) is 36.4 Å². The molecule has 0 spiro atoms. The summed E-state index contributed by atoms with van der Waals surface area (Å²) < 4.78 is 0. The van der Waals surface area contributed by atoms with Crippen LogP contribution in [0.2, 0.25) is 0 Å². The molecular formula is C13H14OS. The molecule has 0 radical (unpaired) electrons. The number of aliphatic hydroxyl groups excluding tert-OH is 1. The molecular weight excluding hydrogens is 204 g/mol. The lowest BCUT2D eigenvalue weighted by molar-refractivity contribution is 0.199. The molecule has 1 N–H and O–H groups in total. The molecule has 2 heteroatoms. The molecule has 0 fully saturated rings. The van der Waals surface area contributed by atoms with Gasteiger partial charge in [0.1, 0.15) is 0 Å². The zero-order valence-electron chi connectivity index (χ0n) is 8.90. The Balaban J connectivity index is 2.43. The van der Waals surface area contributed by atoms with Crippen LogP contribution in [0.5, 0.6) is 0 Å². The van der Waals surface area contributed by atoms with E-state index in [0.29, 0.717) is 0 Å². The number of benzene rings is 1. The molecule has 1 atom stereocenters. The summed E-state index contributed by atoms with van der Waals surface area (Å²) in [5.41, 5.74) is 2.26. The van der Waals surface area contributed by atoms with Crippen LogP contribution in [0.1, 0.15) is 23.5 Å². The van der Waals surface area contributed by atoms with Crippen LogP contribution in [0.25, 0.3) is 10.4 Å². The minimum atomic E-state index is -0.376. The Morgan fingerprint density at radius 1 is 1.20 bits per heavy atom. The van der Waals surface area contributed by atoms with E-state index < -0.39 is 0 Å². The topological polar surface area (TPSA) is 20.2 Å². The average molecular weight is 218 g/mol. The maximum Gasteiger partial charge on any atom is 0.0772 e. The summed E-state index contributed by atoms with van der Waals surface area (Å²) in [5.74, 6) is 0. The van der Waals surface area contributed by atoms with Gasteiger partial charge in [0.05, 0.1) is 6.10 Å². The van der Waals surface area contributed by atoms with Crippen molar-refractivity contribution in [1.82, 2.24) is 0 Å². The number of hydrogen-bond acceptors (Lipinski definition) is 2. The largest absolute Gasteiger partial charge is 0.389 e. The highest BCUT2D eigenvalue weighted by molar-refractivity contribution is 7.15. The molecule has 0 amide bonds. The first kappa shape index (κ1) is 10.4. The van der Waals surface area contributed by atoms with E-state index in [-0.39, 0.29) is 6.10 Å². The zero-order valence-corrected chi connectivity index (χ0v) is 9.71. The molecule has 0 aliphatic heterocycles. The van der Waals surface area contributed by atoms with E-state index in [1.165, 1.54) is 15.3 Å². The maximum atomic E-state index is 9.57. The average Bonchev–Trinajstić information content (AvgIpc) is 2.62. The summed E-state index contributed by atoms with van der Waals surface area (Å²) in [7, 11) is 0. The maximum absolute atomic E-state index is 9.57. The van der Waals surface area contributed by atoms with Crippen LogP contribution in [0.4, 0.5) is 0 Å². The summed E-state index contributed by atoms with van der Waals surface area (Å²) in [5, 5.41) is 9.57. The van der Waals surface area contributed by atoms with Gasteiger partial charge in [0.25, 0.3) is 0 Å². The minimum absolute atomic E-state index is 0.376. The highest BCUT2D eigenvalue weighted by atomic mass is 32.1. The summed E-state index contributed by atoms with van der Waals surface area (Å²) in [6.45, 7) is 3.86. The second kappa shape index (κ2) is 4.17. The predicted molar refractivity (Wildman–Crippen MR) is 65.1 cm³/mol. The Kier molecular flexibility index (Phi) is 2.89. The first-order chi connectivity index (χ1) is 7.18. The third kappa shape index (κ3) is 2.11. The molecule has 15 heavy (non-hydrogen) atoms. The molecule has 78 valence electrons. The first-order valence-electron chi connectivity index (χ1n) is 5.02. The van der Waals surface area contributed by atoms with E-state index in [4.69, 9.17) is 0 Å². The van der Waals surface area contributed by atoms with Crippen molar-refractivity contribution in [2.75, 3.05) is 0 Å². The predicted octanol–water partition coefficient (Wildman–Crippen LogP) is 3.78. The fourth-order valence-corrected chi connectivity index (χ4v) is 2.77. The second-order valence-corrected chi connectivity index (χ2v) is 4.92. The Morgan fingerprint density at radius 2 is 1.87 bits per heavy atom. The SMILES string of the molecule is Cc1sc(-c2ccccc2)cc1C(C)O. The summed E-state index contributed by atoms with van der Waals surface area (Å²) >= 11 is 1.74. The van der Waals surface area contributed by atoms with E-state index >= 15 is 0 Å². The highest BCUT2D eigenvalue weighted by Gasteiger charge is 2.10. The molecule has 1 heterocycles. The van der Waals surface area contributed by atoms with Crippen molar-refractivity contribution in [3.8, 4) is 10.4 Å². The van der Waals surface area contributed by atoms with Gasteiger partial charge in [-0.1, -0.05) is 30.3 Å². The smallest absolute Gasteiger partial charge is 0.0772 e. The number of thiophene rings is 1. The van der Waals surface area contributed by atoms with Crippen LogP contribution in [0, 0.1) is 6.92 Å². The van der Waals surface area contributed by atoms with Crippen molar-refractivity contribution in [3.05, 3.63) is 46.8 Å². The molecule has 1 unspecified atom stereocenters. The number of rotatable bonds is 2. The van der Waals surface area contributed by atoms with Gasteiger partial charge in [-0.2, -0.15) is 0 Å². The van der Waals surface area contributed by atoms with Crippen molar-refractivity contribution in [1.29, 1.82) is 0 Å². The Labute approximate surface area is 94.0 Å². The fourth-order valence-electron chi connectivity index (χ4n) is 1.66. The summed E-state index contributed by atoms with van der Waals surface area (Å²) in [6, 6.07) is 12.4. The van der Waals surface area contributed by atoms with Crippen LogP contribution in [0.3, 0.4) is 0 Å². The molecule has 0 bridgehead atoms. The van der Waals surface area contributed by atoms with Gasteiger partial charge in [-0.15, -0.1) is 11.3 Å². The molecule has 0 saturated heterocycles. The Hall–Kier alpha value is -1.12. The summed E-state index contributed by atoms with van der Waals surface area (Å²) in [6.07, 6.45) is -0.376. The highest BCUT2D eigenvalue weighted by Crippen LogP contribution is 2.33. The van der Waals surface area contributed by atoms with Gasteiger partial charge >= 0.3 is 0 Å². The minimum Gasteiger partial charge on any atom is -0.389 e. The van der Waals surface area contributed by atoms with Gasteiger partial charge < -0.3 is 5.11 Å². The lowest BCUT2D eigenvalue weighted by Crippen LogP contribution is -1.88. The van der Waals surface area contributed by atoms with Crippen molar-refractivity contribution in [3.63, 3.8) is 0 Å². The van der Waals surface area contributed by atoms with E-state index in [1.807, 2.05) is 25.1 Å². The molecule has 2 aromatic rings. The molecule has 1 aromatic carbocycles. The van der Waals surface area contributed by atoms with Crippen LogP contribution >= 0.6 is 11.3 Å². The number of hydrogen-bond donors (Lipinski definition) is 1.